The lowest BCUT2D eigenvalue weighted by Crippen LogP contribution is -2.15. The summed E-state index contributed by atoms with van der Waals surface area (Å²) in [4.78, 5) is 15.9. The van der Waals surface area contributed by atoms with E-state index < -0.39 is 0 Å². The lowest BCUT2D eigenvalue weighted by atomic mass is 10.2. The molecule has 1 aromatic heterocycles. The molecular weight excluding hydrogens is 561 g/mol. The molecule has 8 heteroatoms. The van der Waals surface area contributed by atoms with Crippen LogP contribution in [0.15, 0.2) is 18.5 Å². The van der Waals surface area contributed by atoms with Gasteiger partial charge in [0, 0.05) is 10.7 Å². The smallest absolute Gasteiger partial charge is 0.259 e. The molecule has 0 atom stereocenters. The highest BCUT2D eigenvalue weighted by Gasteiger charge is 2.14. The molecule has 0 saturated heterocycles. The van der Waals surface area contributed by atoms with Crippen LogP contribution in [0.5, 0.6) is 0 Å². The standard InChI is InChI=1S/C9H5I3N4O/c10-4-1-5(7(12)6(11)2-4)8(17)15-9-13-3-14-16-9/h1-3H,(H2,13,14,15,16,17). The summed E-state index contributed by atoms with van der Waals surface area (Å²) in [6.07, 6.45) is 1.35. The third-order valence-corrected chi connectivity index (χ3v) is 5.55. The number of nitrogens with one attached hydrogen (secondary N) is 2. The first-order valence-corrected chi connectivity index (χ1v) is 7.63. The number of anilines is 1. The Balaban J connectivity index is 2.31. The van der Waals surface area contributed by atoms with Gasteiger partial charge in [-0.3, -0.25) is 10.1 Å². The Morgan fingerprint density at radius 1 is 1.29 bits per heavy atom. The van der Waals surface area contributed by atoms with E-state index in [-0.39, 0.29) is 5.91 Å². The molecule has 1 amide bonds. The van der Waals surface area contributed by atoms with Crippen LogP contribution in [0.2, 0.25) is 0 Å². The second kappa shape index (κ2) is 5.77. The van der Waals surface area contributed by atoms with E-state index in [1.165, 1.54) is 6.33 Å². The largest absolute Gasteiger partial charge is 0.291 e. The van der Waals surface area contributed by atoms with Crippen molar-refractivity contribution in [3.8, 4) is 0 Å². The molecule has 1 heterocycles. The zero-order valence-corrected chi connectivity index (χ0v) is 14.6. The van der Waals surface area contributed by atoms with Crippen LogP contribution in [0.25, 0.3) is 0 Å². The summed E-state index contributed by atoms with van der Waals surface area (Å²) in [6, 6.07) is 3.87. The third-order valence-electron chi connectivity index (χ3n) is 1.88. The summed E-state index contributed by atoms with van der Waals surface area (Å²) in [5.74, 6) is 0.155. The number of hydrogen-bond donors (Lipinski definition) is 2. The van der Waals surface area contributed by atoms with E-state index in [2.05, 4.69) is 88.3 Å². The van der Waals surface area contributed by atoms with Crippen LogP contribution in [0.1, 0.15) is 10.4 Å². The Labute approximate surface area is 138 Å². The van der Waals surface area contributed by atoms with Crippen LogP contribution in [0.4, 0.5) is 5.95 Å². The predicted octanol–water partition coefficient (Wildman–Crippen LogP) is 2.87. The molecule has 0 aliphatic carbocycles. The van der Waals surface area contributed by atoms with Gasteiger partial charge in [0.2, 0.25) is 5.95 Å². The minimum Gasteiger partial charge on any atom is -0.291 e. The first kappa shape index (κ1) is 13.5. The van der Waals surface area contributed by atoms with Crippen molar-refractivity contribution < 1.29 is 4.79 Å². The number of carbonyl (C=O) groups is 1. The lowest BCUT2D eigenvalue weighted by molar-refractivity contribution is 0.102. The average molecular weight is 566 g/mol. The van der Waals surface area contributed by atoms with Gasteiger partial charge in [-0.2, -0.15) is 10.1 Å². The minimum absolute atomic E-state index is 0.192. The Kier molecular flexibility index (Phi) is 4.57. The Hall–Kier alpha value is 0.0200. The van der Waals surface area contributed by atoms with E-state index in [4.69, 9.17) is 0 Å². The predicted molar refractivity (Wildman–Crippen MR) is 88.9 cm³/mol. The molecule has 2 N–H and O–H groups in total. The Morgan fingerprint density at radius 3 is 2.71 bits per heavy atom. The van der Waals surface area contributed by atoms with Crippen LogP contribution in [0.3, 0.4) is 0 Å². The number of hydrogen-bond acceptors (Lipinski definition) is 3. The fourth-order valence-electron chi connectivity index (χ4n) is 1.16. The van der Waals surface area contributed by atoms with Gasteiger partial charge in [0.05, 0.1) is 5.56 Å². The number of rotatable bonds is 2. The second-order valence-corrected chi connectivity index (χ2v) is 6.52. The summed E-state index contributed by atoms with van der Waals surface area (Å²) in [6.45, 7) is 0. The van der Waals surface area contributed by atoms with Gasteiger partial charge in [-0.05, 0) is 79.9 Å². The highest BCUT2D eigenvalue weighted by Crippen LogP contribution is 2.23. The van der Waals surface area contributed by atoms with Gasteiger partial charge in [0.25, 0.3) is 5.91 Å². The Morgan fingerprint density at radius 2 is 2.06 bits per heavy atom. The van der Waals surface area contributed by atoms with Gasteiger partial charge in [-0.15, -0.1) is 0 Å². The van der Waals surface area contributed by atoms with E-state index in [1.807, 2.05) is 12.1 Å². The zero-order valence-electron chi connectivity index (χ0n) is 8.17. The van der Waals surface area contributed by atoms with Crippen LogP contribution in [-0.2, 0) is 0 Å². The number of carbonyl (C=O) groups excluding carboxylic acids is 1. The molecule has 0 aliphatic heterocycles. The molecular formula is C9H5I3N4O. The van der Waals surface area contributed by atoms with Gasteiger partial charge in [-0.1, -0.05) is 0 Å². The molecule has 2 rings (SSSR count). The SMILES string of the molecule is O=C(Nc1ncn[nH]1)c1cc(I)cc(I)c1I. The van der Waals surface area contributed by atoms with E-state index in [0.29, 0.717) is 11.5 Å². The quantitative estimate of drug-likeness (QED) is 0.435. The van der Waals surface area contributed by atoms with Crippen LogP contribution >= 0.6 is 67.8 Å². The van der Waals surface area contributed by atoms with Crippen molar-refractivity contribution >= 4 is 79.6 Å². The van der Waals surface area contributed by atoms with Crippen molar-refractivity contribution in [3.63, 3.8) is 0 Å². The van der Waals surface area contributed by atoms with Crippen molar-refractivity contribution in [2.45, 2.75) is 0 Å². The molecule has 0 unspecified atom stereocenters. The molecule has 0 fully saturated rings. The van der Waals surface area contributed by atoms with Crippen molar-refractivity contribution in [1.29, 1.82) is 0 Å². The van der Waals surface area contributed by atoms with Crippen LogP contribution < -0.4 is 5.32 Å². The first-order chi connectivity index (χ1) is 8.08. The third kappa shape index (κ3) is 3.27. The summed E-state index contributed by atoms with van der Waals surface area (Å²) in [5, 5.41) is 8.91. The van der Waals surface area contributed by atoms with Gasteiger partial charge in [0.1, 0.15) is 6.33 Å². The Bertz CT molecular complexity index is 556. The number of aromatic amines is 1. The molecule has 0 radical (unpaired) electrons. The number of H-pyrrole nitrogens is 1. The number of halogens is 3. The van der Waals surface area contributed by atoms with Crippen molar-refractivity contribution in [2.75, 3.05) is 5.32 Å². The fourth-order valence-corrected chi connectivity index (χ4v) is 3.56. The summed E-state index contributed by atoms with van der Waals surface area (Å²) < 4.78 is 3.01. The second-order valence-electron chi connectivity index (χ2n) is 3.04. The molecule has 17 heavy (non-hydrogen) atoms. The number of benzene rings is 1. The average Bonchev–Trinajstić information content (AvgIpc) is 2.76. The monoisotopic (exact) mass is 566 g/mol. The van der Waals surface area contributed by atoms with Gasteiger partial charge in [0.15, 0.2) is 0 Å². The highest BCUT2D eigenvalue weighted by atomic mass is 127. The maximum absolute atomic E-state index is 12.0. The van der Waals surface area contributed by atoms with E-state index >= 15 is 0 Å². The molecule has 0 aliphatic rings. The van der Waals surface area contributed by atoms with E-state index in [9.17, 15) is 4.79 Å². The maximum Gasteiger partial charge on any atom is 0.259 e. The molecule has 0 bridgehead atoms. The molecule has 2 aromatic rings. The number of aromatic nitrogens is 3. The van der Waals surface area contributed by atoms with Gasteiger partial charge in [-0.25, -0.2) is 5.10 Å². The van der Waals surface area contributed by atoms with Crippen LogP contribution in [0, 0.1) is 10.7 Å². The normalized spacial score (nSPS) is 10.3. The van der Waals surface area contributed by atoms with E-state index in [0.717, 1.165) is 10.7 Å². The van der Waals surface area contributed by atoms with Crippen molar-refractivity contribution in [2.24, 2.45) is 0 Å². The highest BCUT2D eigenvalue weighted by molar-refractivity contribution is 14.1. The molecule has 88 valence electrons. The first-order valence-electron chi connectivity index (χ1n) is 4.39. The summed E-state index contributed by atoms with van der Waals surface area (Å²) in [7, 11) is 0. The number of nitrogens with zero attached hydrogens (tertiary/aromatic N) is 2. The van der Waals surface area contributed by atoms with Crippen LogP contribution in [-0.4, -0.2) is 21.1 Å². The van der Waals surface area contributed by atoms with Crippen molar-refractivity contribution in [1.82, 2.24) is 15.2 Å². The van der Waals surface area contributed by atoms with Gasteiger partial charge < -0.3 is 0 Å². The van der Waals surface area contributed by atoms with Gasteiger partial charge >= 0.3 is 0 Å². The summed E-state index contributed by atoms with van der Waals surface area (Å²) >= 11 is 6.56. The maximum atomic E-state index is 12.0. The molecule has 0 spiro atoms. The fraction of sp³-hybridized carbons (Fsp3) is 0. The lowest BCUT2D eigenvalue weighted by Gasteiger charge is -2.06. The molecule has 0 saturated carbocycles. The molecule has 1 aromatic carbocycles. The van der Waals surface area contributed by atoms with Crippen molar-refractivity contribution in [3.05, 3.63) is 34.7 Å². The summed E-state index contributed by atoms with van der Waals surface area (Å²) in [5.41, 5.74) is 0.637. The molecule has 5 nitrogen and oxygen atoms in total. The van der Waals surface area contributed by atoms with E-state index in [1.54, 1.807) is 0 Å². The minimum atomic E-state index is -0.192. The topological polar surface area (TPSA) is 70.7 Å². The zero-order chi connectivity index (χ0) is 12.4. The number of amides is 1.